The number of rotatable bonds is 4. The first kappa shape index (κ1) is 19.4. The van der Waals surface area contributed by atoms with Gasteiger partial charge in [-0.05, 0) is 35.4 Å². The van der Waals surface area contributed by atoms with Crippen molar-refractivity contribution in [2.24, 2.45) is 0 Å². The van der Waals surface area contributed by atoms with Crippen LogP contribution in [-0.2, 0) is 16.2 Å². The molecule has 0 aliphatic carbocycles. The van der Waals surface area contributed by atoms with Crippen LogP contribution in [0, 0.1) is 0 Å². The van der Waals surface area contributed by atoms with E-state index in [1.807, 2.05) is 12.1 Å². The highest BCUT2D eigenvalue weighted by molar-refractivity contribution is 6.12. The number of anilines is 1. The molecule has 0 fully saturated rings. The first-order valence-corrected chi connectivity index (χ1v) is 9.44. The van der Waals surface area contributed by atoms with Crippen LogP contribution in [0.1, 0.15) is 45.5 Å². The fourth-order valence-corrected chi connectivity index (χ4v) is 3.64. The van der Waals surface area contributed by atoms with Crippen LogP contribution in [0.3, 0.4) is 0 Å². The summed E-state index contributed by atoms with van der Waals surface area (Å²) >= 11 is 0. The standard InChI is InChI=1S/C24H19NO5/c1-14(26)25-18-9-6-15(7-10-18)22(24(28)29)16-8-11-21-20(12-16)23(27)19-5-3-2-4-17(19)13-30-21/h2-12,22H,13H2,1H3,(H,25,26)(H,28,29). The zero-order valence-corrected chi connectivity index (χ0v) is 16.2. The van der Waals surface area contributed by atoms with Crippen LogP contribution in [0.15, 0.2) is 66.7 Å². The number of carbonyl (C=O) groups excluding carboxylic acids is 2. The lowest BCUT2D eigenvalue weighted by Gasteiger charge is -2.16. The summed E-state index contributed by atoms with van der Waals surface area (Å²) in [4.78, 5) is 36.4. The molecule has 0 saturated heterocycles. The number of carbonyl (C=O) groups is 3. The van der Waals surface area contributed by atoms with Crippen LogP contribution >= 0.6 is 0 Å². The smallest absolute Gasteiger partial charge is 0.315 e. The molecule has 3 aromatic rings. The second-order valence-electron chi connectivity index (χ2n) is 7.10. The van der Waals surface area contributed by atoms with Gasteiger partial charge in [-0.15, -0.1) is 0 Å². The highest BCUT2D eigenvalue weighted by Crippen LogP contribution is 2.33. The lowest BCUT2D eigenvalue weighted by Crippen LogP contribution is -2.14. The zero-order chi connectivity index (χ0) is 21.3. The predicted octanol–water partition coefficient (Wildman–Crippen LogP) is 3.98. The number of fused-ring (bicyclic) bond motifs is 2. The summed E-state index contributed by atoms with van der Waals surface area (Å²) in [5, 5.41) is 12.5. The molecule has 1 unspecified atom stereocenters. The molecule has 1 atom stereocenters. The summed E-state index contributed by atoms with van der Waals surface area (Å²) in [6.07, 6.45) is 0. The van der Waals surface area contributed by atoms with Crippen molar-refractivity contribution in [1.82, 2.24) is 0 Å². The molecular weight excluding hydrogens is 382 g/mol. The predicted molar refractivity (Wildman–Crippen MR) is 111 cm³/mol. The van der Waals surface area contributed by atoms with Crippen molar-refractivity contribution >= 4 is 23.3 Å². The highest BCUT2D eigenvalue weighted by atomic mass is 16.5. The SMILES string of the molecule is CC(=O)Nc1ccc(C(C(=O)O)c2ccc3c(c2)C(=O)c2ccccc2CO3)cc1. The third-order valence-corrected chi connectivity index (χ3v) is 5.04. The summed E-state index contributed by atoms with van der Waals surface area (Å²) in [5.41, 5.74) is 3.29. The van der Waals surface area contributed by atoms with Gasteiger partial charge in [0, 0.05) is 23.7 Å². The van der Waals surface area contributed by atoms with E-state index in [2.05, 4.69) is 5.32 Å². The van der Waals surface area contributed by atoms with Gasteiger partial charge in [-0.2, -0.15) is 0 Å². The molecule has 2 N–H and O–H groups in total. The van der Waals surface area contributed by atoms with E-state index in [9.17, 15) is 19.5 Å². The Hall–Kier alpha value is -3.93. The Morgan fingerprint density at radius 2 is 1.67 bits per heavy atom. The molecule has 0 aromatic heterocycles. The van der Waals surface area contributed by atoms with Crippen molar-refractivity contribution in [1.29, 1.82) is 0 Å². The molecule has 0 saturated carbocycles. The van der Waals surface area contributed by atoms with Crippen molar-refractivity contribution in [2.45, 2.75) is 19.4 Å². The third-order valence-electron chi connectivity index (χ3n) is 5.04. The van der Waals surface area contributed by atoms with Crippen LogP contribution in [-0.4, -0.2) is 22.8 Å². The number of ether oxygens (including phenoxy) is 1. The van der Waals surface area contributed by atoms with E-state index in [0.29, 0.717) is 33.7 Å². The van der Waals surface area contributed by atoms with Gasteiger partial charge in [-0.3, -0.25) is 14.4 Å². The number of carboxylic acid groups (broad SMARTS) is 1. The Labute approximate surface area is 173 Å². The van der Waals surface area contributed by atoms with Crippen LogP contribution in [0.5, 0.6) is 5.75 Å². The molecule has 4 rings (SSSR count). The molecule has 1 aliphatic rings. The van der Waals surface area contributed by atoms with E-state index in [-0.39, 0.29) is 18.3 Å². The summed E-state index contributed by atoms with van der Waals surface area (Å²) in [6, 6.07) is 18.8. The Morgan fingerprint density at radius 1 is 0.967 bits per heavy atom. The Kier molecular flexibility index (Phi) is 5.06. The molecule has 6 heteroatoms. The van der Waals surface area contributed by atoms with E-state index in [1.165, 1.54) is 6.92 Å². The van der Waals surface area contributed by atoms with Gasteiger partial charge in [0.1, 0.15) is 18.3 Å². The van der Waals surface area contributed by atoms with Crippen molar-refractivity contribution in [3.05, 3.63) is 94.5 Å². The minimum Gasteiger partial charge on any atom is -0.488 e. The second kappa shape index (κ2) is 7.83. The van der Waals surface area contributed by atoms with E-state index < -0.39 is 11.9 Å². The van der Waals surface area contributed by atoms with Crippen molar-refractivity contribution in [3.63, 3.8) is 0 Å². The molecule has 3 aromatic carbocycles. The number of ketones is 1. The van der Waals surface area contributed by atoms with Crippen molar-refractivity contribution in [3.8, 4) is 5.75 Å². The van der Waals surface area contributed by atoms with Gasteiger partial charge in [0.25, 0.3) is 0 Å². The van der Waals surface area contributed by atoms with Crippen molar-refractivity contribution < 1.29 is 24.2 Å². The maximum absolute atomic E-state index is 13.1. The first-order chi connectivity index (χ1) is 14.4. The summed E-state index contributed by atoms with van der Waals surface area (Å²) < 4.78 is 5.79. The molecular formula is C24H19NO5. The van der Waals surface area contributed by atoms with Gasteiger partial charge >= 0.3 is 5.97 Å². The number of amides is 1. The van der Waals surface area contributed by atoms with E-state index in [1.54, 1.807) is 54.6 Å². The molecule has 150 valence electrons. The van der Waals surface area contributed by atoms with Crippen LogP contribution in [0.4, 0.5) is 5.69 Å². The van der Waals surface area contributed by atoms with E-state index in [4.69, 9.17) is 4.74 Å². The van der Waals surface area contributed by atoms with E-state index in [0.717, 1.165) is 5.56 Å². The molecule has 1 aliphatic heterocycles. The second-order valence-corrected chi connectivity index (χ2v) is 7.10. The van der Waals surface area contributed by atoms with Gasteiger partial charge in [0.15, 0.2) is 5.78 Å². The number of benzene rings is 3. The van der Waals surface area contributed by atoms with Gasteiger partial charge in [0.05, 0.1) is 5.56 Å². The summed E-state index contributed by atoms with van der Waals surface area (Å²) in [6.45, 7) is 1.68. The van der Waals surface area contributed by atoms with Gasteiger partial charge in [-0.25, -0.2) is 0 Å². The molecule has 6 nitrogen and oxygen atoms in total. The molecule has 0 radical (unpaired) electrons. The molecule has 0 bridgehead atoms. The molecule has 1 amide bonds. The largest absolute Gasteiger partial charge is 0.488 e. The topological polar surface area (TPSA) is 92.7 Å². The van der Waals surface area contributed by atoms with E-state index >= 15 is 0 Å². The van der Waals surface area contributed by atoms with Crippen LogP contribution in [0.25, 0.3) is 0 Å². The Balaban J connectivity index is 1.74. The summed E-state index contributed by atoms with van der Waals surface area (Å²) in [7, 11) is 0. The minimum absolute atomic E-state index is 0.190. The monoisotopic (exact) mass is 401 g/mol. The lowest BCUT2D eigenvalue weighted by molar-refractivity contribution is -0.137. The Morgan fingerprint density at radius 3 is 2.37 bits per heavy atom. The highest BCUT2D eigenvalue weighted by Gasteiger charge is 2.27. The normalized spacial score (nSPS) is 13.3. The quantitative estimate of drug-likeness (QED) is 0.690. The van der Waals surface area contributed by atoms with Gasteiger partial charge < -0.3 is 15.2 Å². The molecule has 30 heavy (non-hydrogen) atoms. The maximum Gasteiger partial charge on any atom is 0.315 e. The number of hydrogen-bond acceptors (Lipinski definition) is 4. The fourth-order valence-electron chi connectivity index (χ4n) is 3.64. The lowest BCUT2D eigenvalue weighted by atomic mass is 9.88. The Bertz CT molecular complexity index is 1150. The fraction of sp³-hybridized carbons (Fsp3) is 0.125. The number of hydrogen-bond donors (Lipinski definition) is 2. The average Bonchev–Trinajstić information content (AvgIpc) is 2.86. The molecule has 0 spiro atoms. The summed E-state index contributed by atoms with van der Waals surface area (Å²) in [5.74, 6) is -1.96. The van der Waals surface area contributed by atoms with Crippen molar-refractivity contribution in [2.75, 3.05) is 5.32 Å². The molecule has 1 heterocycles. The van der Waals surface area contributed by atoms with Gasteiger partial charge in [0.2, 0.25) is 5.91 Å². The van der Waals surface area contributed by atoms with Gasteiger partial charge in [-0.1, -0.05) is 42.5 Å². The van der Waals surface area contributed by atoms with Crippen LogP contribution < -0.4 is 10.1 Å². The number of aliphatic carboxylic acids is 1. The zero-order valence-electron chi connectivity index (χ0n) is 16.2. The number of nitrogens with one attached hydrogen (secondary N) is 1. The first-order valence-electron chi connectivity index (χ1n) is 9.44. The maximum atomic E-state index is 13.1. The average molecular weight is 401 g/mol. The third kappa shape index (κ3) is 3.67. The number of carboxylic acids is 1. The van der Waals surface area contributed by atoms with Crippen LogP contribution in [0.2, 0.25) is 0 Å². The minimum atomic E-state index is -1.04.